The van der Waals surface area contributed by atoms with Gasteiger partial charge in [-0.05, 0) is 38.0 Å². The molecule has 0 aliphatic rings. The lowest BCUT2D eigenvalue weighted by Gasteiger charge is -2.10. The Kier molecular flexibility index (Phi) is 4.00. The minimum Gasteiger partial charge on any atom is -0.485 e. The number of benzene rings is 1. The van der Waals surface area contributed by atoms with E-state index in [-0.39, 0.29) is 0 Å². The monoisotopic (exact) mass is 257 g/mol. The van der Waals surface area contributed by atoms with E-state index in [0.29, 0.717) is 12.4 Å². The molecule has 0 amide bonds. The molecular formula is C15H19N3O. The normalized spacial score (nSPS) is 10.3. The average Bonchev–Trinajstić information content (AvgIpc) is 2.39. The van der Waals surface area contributed by atoms with E-state index in [2.05, 4.69) is 34.3 Å². The molecule has 0 aliphatic heterocycles. The molecule has 19 heavy (non-hydrogen) atoms. The fraction of sp³-hybridized carbons (Fsp3) is 0.333. The topological polar surface area (TPSA) is 47.0 Å². The summed E-state index contributed by atoms with van der Waals surface area (Å²) in [5.74, 6) is 2.38. The van der Waals surface area contributed by atoms with Crippen molar-refractivity contribution >= 4 is 5.82 Å². The van der Waals surface area contributed by atoms with Crippen LogP contribution in [0, 0.1) is 20.8 Å². The predicted molar refractivity (Wildman–Crippen MR) is 76.6 cm³/mol. The van der Waals surface area contributed by atoms with Gasteiger partial charge in [-0.3, -0.25) is 0 Å². The van der Waals surface area contributed by atoms with Crippen molar-refractivity contribution in [2.75, 3.05) is 12.4 Å². The third-order valence-corrected chi connectivity index (χ3v) is 2.86. The van der Waals surface area contributed by atoms with Crippen molar-refractivity contribution in [1.82, 2.24) is 9.97 Å². The summed E-state index contributed by atoms with van der Waals surface area (Å²) in [6.07, 6.45) is 0. The van der Waals surface area contributed by atoms with Gasteiger partial charge in [-0.2, -0.15) is 0 Å². The van der Waals surface area contributed by atoms with Crippen LogP contribution in [0.25, 0.3) is 0 Å². The molecule has 100 valence electrons. The number of nitrogens with zero attached hydrogens (tertiary/aromatic N) is 2. The van der Waals surface area contributed by atoms with Gasteiger partial charge < -0.3 is 10.1 Å². The highest BCUT2D eigenvalue weighted by molar-refractivity contribution is 5.37. The molecule has 1 heterocycles. The van der Waals surface area contributed by atoms with Gasteiger partial charge in [-0.25, -0.2) is 9.97 Å². The first-order valence-electron chi connectivity index (χ1n) is 6.31. The Hall–Kier alpha value is -2.10. The van der Waals surface area contributed by atoms with E-state index in [1.807, 2.05) is 33.0 Å². The van der Waals surface area contributed by atoms with Crippen molar-refractivity contribution in [2.24, 2.45) is 0 Å². The van der Waals surface area contributed by atoms with E-state index in [0.717, 1.165) is 22.8 Å². The molecule has 0 unspecified atom stereocenters. The molecule has 0 saturated heterocycles. The van der Waals surface area contributed by atoms with Crippen molar-refractivity contribution < 1.29 is 4.74 Å². The number of rotatable bonds is 4. The summed E-state index contributed by atoms with van der Waals surface area (Å²) in [5, 5.41) is 3.02. The molecule has 1 N–H and O–H groups in total. The third kappa shape index (κ3) is 3.44. The van der Waals surface area contributed by atoms with Crippen molar-refractivity contribution in [1.29, 1.82) is 0 Å². The van der Waals surface area contributed by atoms with Crippen LogP contribution >= 0.6 is 0 Å². The summed E-state index contributed by atoms with van der Waals surface area (Å²) in [6.45, 7) is 6.41. The molecule has 4 nitrogen and oxygen atoms in total. The highest BCUT2D eigenvalue weighted by atomic mass is 16.5. The number of aromatic nitrogens is 2. The van der Waals surface area contributed by atoms with Crippen LogP contribution in [0.1, 0.15) is 22.6 Å². The van der Waals surface area contributed by atoms with Gasteiger partial charge in [-0.15, -0.1) is 0 Å². The molecule has 0 fully saturated rings. The van der Waals surface area contributed by atoms with Crippen molar-refractivity contribution in [2.45, 2.75) is 27.4 Å². The molecule has 0 spiro atoms. The Labute approximate surface area is 113 Å². The molecule has 4 heteroatoms. The highest BCUT2D eigenvalue weighted by Crippen LogP contribution is 2.20. The van der Waals surface area contributed by atoms with E-state index in [1.54, 1.807) is 0 Å². The van der Waals surface area contributed by atoms with Crippen LogP contribution in [0.5, 0.6) is 5.75 Å². The molecule has 0 radical (unpaired) electrons. The number of aryl methyl sites for hydroxylation is 3. The Morgan fingerprint density at radius 3 is 2.63 bits per heavy atom. The van der Waals surface area contributed by atoms with Gasteiger partial charge in [0.25, 0.3) is 0 Å². The van der Waals surface area contributed by atoms with Crippen LogP contribution in [-0.2, 0) is 6.61 Å². The van der Waals surface area contributed by atoms with E-state index in [1.165, 1.54) is 5.56 Å². The molecule has 2 rings (SSSR count). The van der Waals surface area contributed by atoms with Gasteiger partial charge in [0.2, 0.25) is 0 Å². The van der Waals surface area contributed by atoms with Crippen LogP contribution in [0.4, 0.5) is 5.82 Å². The zero-order valence-corrected chi connectivity index (χ0v) is 11.8. The molecule has 1 aromatic heterocycles. The molecule has 1 aromatic carbocycles. The minimum absolute atomic E-state index is 0.376. The first kappa shape index (κ1) is 13.3. The number of hydrogen-bond donors (Lipinski definition) is 1. The first-order valence-corrected chi connectivity index (χ1v) is 6.31. The van der Waals surface area contributed by atoms with Gasteiger partial charge in [0.15, 0.2) is 5.82 Å². The average molecular weight is 257 g/mol. The zero-order valence-electron chi connectivity index (χ0n) is 11.8. The summed E-state index contributed by atoms with van der Waals surface area (Å²) in [7, 11) is 1.84. The molecule has 0 atom stereocenters. The molecular weight excluding hydrogens is 238 g/mol. The minimum atomic E-state index is 0.376. The number of anilines is 1. The Bertz CT molecular complexity index is 582. The SMILES string of the molecule is CNc1cc(C)nc(COc2cc(C)ccc2C)n1. The summed E-state index contributed by atoms with van der Waals surface area (Å²) in [5.41, 5.74) is 3.23. The standard InChI is InChI=1S/C15H19N3O/c1-10-5-6-11(2)13(7-10)19-9-15-17-12(3)8-14(16-4)18-15/h5-8H,9H2,1-4H3,(H,16,17,18). The van der Waals surface area contributed by atoms with Gasteiger partial charge in [0, 0.05) is 18.8 Å². The van der Waals surface area contributed by atoms with Gasteiger partial charge >= 0.3 is 0 Å². The fourth-order valence-electron chi connectivity index (χ4n) is 1.83. The number of ether oxygens (including phenoxy) is 1. The van der Waals surface area contributed by atoms with E-state index in [9.17, 15) is 0 Å². The lowest BCUT2D eigenvalue weighted by molar-refractivity contribution is 0.293. The maximum atomic E-state index is 5.81. The largest absolute Gasteiger partial charge is 0.485 e. The first-order chi connectivity index (χ1) is 9.08. The van der Waals surface area contributed by atoms with Crippen LogP contribution in [0.15, 0.2) is 24.3 Å². The van der Waals surface area contributed by atoms with Crippen molar-refractivity contribution in [3.05, 3.63) is 46.9 Å². The number of hydrogen-bond acceptors (Lipinski definition) is 4. The Balaban J connectivity index is 2.14. The van der Waals surface area contributed by atoms with Crippen LogP contribution in [-0.4, -0.2) is 17.0 Å². The maximum Gasteiger partial charge on any atom is 0.168 e. The highest BCUT2D eigenvalue weighted by Gasteiger charge is 2.04. The van der Waals surface area contributed by atoms with Crippen LogP contribution in [0.2, 0.25) is 0 Å². The third-order valence-electron chi connectivity index (χ3n) is 2.86. The Morgan fingerprint density at radius 2 is 1.89 bits per heavy atom. The predicted octanol–water partition coefficient (Wildman–Crippen LogP) is 3.02. The van der Waals surface area contributed by atoms with Crippen molar-refractivity contribution in [3.63, 3.8) is 0 Å². The summed E-state index contributed by atoms with van der Waals surface area (Å²) < 4.78 is 5.81. The second-order valence-electron chi connectivity index (χ2n) is 4.62. The zero-order chi connectivity index (χ0) is 13.8. The smallest absolute Gasteiger partial charge is 0.168 e. The second-order valence-corrected chi connectivity index (χ2v) is 4.62. The number of nitrogens with one attached hydrogen (secondary N) is 1. The van der Waals surface area contributed by atoms with E-state index >= 15 is 0 Å². The second kappa shape index (κ2) is 5.69. The van der Waals surface area contributed by atoms with Gasteiger partial charge in [0.05, 0.1) is 0 Å². The van der Waals surface area contributed by atoms with Gasteiger partial charge in [-0.1, -0.05) is 12.1 Å². The maximum absolute atomic E-state index is 5.81. The van der Waals surface area contributed by atoms with Crippen LogP contribution in [0.3, 0.4) is 0 Å². The van der Waals surface area contributed by atoms with Gasteiger partial charge in [0.1, 0.15) is 18.2 Å². The summed E-state index contributed by atoms with van der Waals surface area (Å²) >= 11 is 0. The molecule has 0 saturated carbocycles. The molecule has 0 bridgehead atoms. The molecule has 2 aromatic rings. The van der Waals surface area contributed by atoms with E-state index < -0.39 is 0 Å². The van der Waals surface area contributed by atoms with Crippen molar-refractivity contribution in [3.8, 4) is 5.75 Å². The summed E-state index contributed by atoms with van der Waals surface area (Å²) in [4.78, 5) is 8.74. The van der Waals surface area contributed by atoms with Crippen LogP contribution < -0.4 is 10.1 Å². The molecule has 0 aliphatic carbocycles. The Morgan fingerprint density at radius 1 is 1.11 bits per heavy atom. The lowest BCUT2D eigenvalue weighted by Crippen LogP contribution is -2.06. The van der Waals surface area contributed by atoms with E-state index in [4.69, 9.17) is 4.74 Å². The summed E-state index contributed by atoms with van der Waals surface area (Å²) in [6, 6.07) is 8.07. The fourth-order valence-corrected chi connectivity index (χ4v) is 1.83. The lowest BCUT2D eigenvalue weighted by atomic mass is 10.1. The quantitative estimate of drug-likeness (QED) is 0.914.